The Morgan fingerprint density at radius 1 is 1.20 bits per heavy atom. The first-order chi connectivity index (χ1) is 11.8. The van der Waals surface area contributed by atoms with Gasteiger partial charge in [-0.25, -0.2) is 0 Å². The van der Waals surface area contributed by atoms with E-state index in [4.69, 9.17) is 4.74 Å². The van der Waals surface area contributed by atoms with Gasteiger partial charge in [0.1, 0.15) is 0 Å². The molecule has 0 saturated carbocycles. The van der Waals surface area contributed by atoms with Gasteiger partial charge in [0.15, 0.2) is 0 Å². The van der Waals surface area contributed by atoms with E-state index in [0.29, 0.717) is 13.0 Å². The van der Waals surface area contributed by atoms with Gasteiger partial charge in [-0.2, -0.15) is 0 Å². The normalized spacial score (nSPS) is 14.7. The first kappa shape index (κ1) is 19.5. The maximum Gasteiger partial charge on any atom is 0.305 e. The number of para-hydroxylation sites is 1. The summed E-state index contributed by atoms with van der Waals surface area (Å²) in [6.07, 6.45) is 13.4. The fourth-order valence-electron chi connectivity index (χ4n) is 3.32. The molecule has 3 rings (SSSR count). The lowest BCUT2D eigenvalue weighted by Crippen LogP contribution is -2.28. The first-order valence-corrected chi connectivity index (χ1v) is 8.89. The molecule has 2 aliphatic rings. The van der Waals surface area contributed by atoms with Gasteiger partial charge >= 0.3 is 5.97 Å². The van der Waals surface area contributed by atoms with Crippen LogP contribution in [-0.2, 0) is 9.53 Å². The average Bonchev–Trinajstić information content (AvgIpc) is 2.61. The third-order valence-corrected chi connectivity index (χ3v) is 4.47. The van der Waals surface area contributed by atoms with Crippen molar-refractivity contribution in [1.29, 1.82) is 0 Å². The van der Waals surface area contributed by atoms with E-state index in [2.05, 4.69) is 53.5 Å². The third-order valence-electron chi connectivity index (χ3n) is 4.47. The van der Waals surface area contributed by atoms with Crippen LogP contribution in [0.5, 0.6) is 0 Å². The molecule has 4 heteroatoms. The summed E-state index contributed by atoms with van der Waals surface area (Å²) in [4.78, 5) is 13.8. The molecule has 1 aromatic carbocycles. The standard InChI is InChI=1S/C21H25NO2.BrH/c1-2-24-21(23)14-4-3-9-15-22-19-12-7-5-10-17(19)16-18-11-6-8-13-20(18)22;/h5-8,10,12-13,16H,2-4,9,11,14-15H2,1H3;1H. The predicted molar refractivity (Wildman–Crippen MR) is 109 cm³/mol. The van der Waals surface area contributed by atoms with E-state index >= 15 is 0 Å². The van der Waals surface area contributed by atoms with Crippen LogP contribution in [-0.4, -0.2) is 19.1 Å². The second-order valence-electron chi connectivity index (χ2n) is 6.18. The summed E-state index contributed by atoms with van der Waals surface area (Å²) < 4.78 is 4.98. The van der Waals surface area contributed by atoms with Crippen LogP contribution in [0, 0.1) is 0 Å². The van der Waals surface area contributed by atoms with Gasteiger partial charge in [-0.15, -0.1) is 17.0 Å². The molecule has 0 N–H and O–H groups in total. The zero-order valence-electron chi connectivity index (χ0n) is 14.7. The van der Waals surface area contributed by atoms with Crippen molar-refractivity contribution in [2.45, 2.75) is 39.0 Å². The molecule has 0 spiro atoms. The predicted octanol–water partition coefficient (Wildman–Crippen LogP) is 5.44. The molecule has 0 radical (unpaired) electrons. The van der Waals surface area contributed by atoms with Gasteiger partial charge in [0.2, 0.25) is 0 Å². The second kappa shape index (κ2) is 9.62. The highest BCUT2D eigenvalue weighted by Crippen LogP contribution is 2.37. The summed E-state index contributed by atoms with van der Waals surface area (Å²) in [5.74, 6) is -0.0776. The van der Waals surface area contributed by atoms with E-state index in [-0.39, 0.29) is 23.0 Å². The lowest BCUT2D eigenvalue weighted by molar-refractivity contribution is -0.143. The van der Waals surface area contributed by atoms with Crippen LogP contribution >= 0.6 is 17.0 Å². The van der Waals surface area contributed by atoms with Crippen LogP contribution in [0.25, 0.3) is 6.08 Å². The van der Waals surface area contributed by atoms with Crippen molar-refractivity contribution in [3.05, 3.63) is 59.3 Å². The molecule has 1 aliphatic heterocycles. The number of carbonyl (C=O) groups is 1. The number of hydrogen-bond donors (Lipinski definition) is 0. The van der Waals surface area contributed by atoms with Gasteiger partial charge < -0.3 is 9.64 Å². The average molecular weight is 404 g/mol. The number of benzene rings is 1. The summed E-state index contributed by atoms with van der Waals surface area (Å²) in [5, 5.41) is 0. The van der Waals surface area contributed by atoms with Crippen LogP contribution in [0.1, 0.15) is 44.6 Å². The molecule has 0 aromatic heterocycles. The van der Waals surface area contributed by atoms with Gasteiger partial charge in [-0.3, -0.25) is 4.79 Å². The van der Waals surface area contributed by atoms with Gasteiger partial charge in [-0.05, 0) is 55.5 Å². The van der Waals surface area contributed by atoms with E-state index in [9.17, 15) is 4.79 Å². The van der Waals surface area contributed by atoms with Crippen molar-refractivity contribution in [3.63, 3.8) is 0 Å². The van der Waals surface area contributed by atoms with Gasteiger partial charge in [0, 0.05) is 24.4 Å². The van der Waals surface area contributed by atoms with Gasteiger partial charge in [-0.1, -0.05) is 36.8 Å². The topological polar surface area (TPSA) is 29.5 Å². The molecule has 0 bridgehead atoms. The Labute approximate surface area is 160 Å². The maximum atomic E-state index is 11.4. The van der Waals surface area contributed by atoms with Crippen molar-refractivity contribution in [2.24, 2.45) is 0 Å². The van der Waals surface area contributed by atoms with E-state index in [0.717, 1.165) is 32.2 Å². The Balaban J connectivity index is 0.00000225. The minimum absolute atomic E-state index is 0. The number of nitrogens with zero attached hydrogens (tertiary/aromatic N) is 1. The molecule has 3 nitrogen and oxygen atoms in total. The quantitative estimate of drug-likeness (QED) is 0.448. The zero-order valence-corrected chi connectivity index (χ0v) is 16.5. The molecule has 0 unspecified atom stereocenters. The SMILES string of the molecule is Br.CCOC(=O)CCCCCN1C2=CC=CCC2=Cc2ccccc21. The number of rotatable bonds is 7. The number of hydrogen-bond acceptors (Lipinski definition) is 3. The van der Waals surface area contributed by atoms with E-state index in [1.165, 1.54) is 22.5 Å². The van der Waals surface area contributed by atoms with Crippen LogP contribution in [0.3, 0.4) is 0 Å². The van der Waals surface area contributed by atoms with E-state index in [1.54, 1.807) is 0 Å². The molecule has 1 aromatic rings. The van der Waals surface area contributed by atoms with Gasteiger partial charge in [0.25, 0.3) is 0 Å². The Morgan fingerprint density at radius 2 is 2.04 bits per heavy atom. The minimum Gasteiger partial charge on any atom is -0.466 e. The maximum absolute atomic E-state index is 11.4. The fraction of sp³-hybridized carbons (Fsp3) is 0.381. The Bertz CT molecular complexity index is 691. The smallest absolute Gasteiger partial charge is 0.305 e. The minimum atomic E-state index is -0.0776. The Kier molecular flexibility index (Phi) is 7.51. The largest absolute Gasteiger partial charge is 0.466 e. The summed E-state index contributed by atoms with van der Waals surface area (Å²) in [6, 6.07) is 8.58. The van der Waals surface area contributed by atoms with E-state index < -0.39 is 0 Å². The fourth-order valence-corrected chi connectivity index (χ4v) is 3.32. The van der Waals surface area contributed by atoms with Crippen molar-refractivity contribution < 1.29 is 9.53 Å². The highest BCUT2D eigenvalue weighted by Gasteiger charge is 2.22. The number of unbranched alkanes of at least 4 members (excludes halogenated alkanes) is 2. The summed E-state index contributed by atoms with van der Waals surface area (Å²) in [5.41, 5.74) is 5.30. The molecule has 0 fully saturated rings. The van der Waals surface area contributed by atoms with Crippen molar-refractivity contribution in [3.8, 4) is 0 Å². The molecule has 134 valence electrons. The lowest BCUT2D eigenvalue weighted by atomic mass is 9.94. The molecular formula is C21H26BrNO2. The molecule has 1 heterocycles. The number of esters is 1. The van der Waals surface area contributed by atoms with Crippen molar-refractivity contribution in [2.75, 3.05) is 18.1 Å². The molecule has 0 atom stereocenters. The Morgan fingerprint density at radius 3 is 2.88 bits per heavy atom. The molecular weight excluding hydrogens is 378 g/mol. The number of ether oxygens (including phenoxy) is 1. The van der Waals surface area contributed by atoms with Crippen LogP contribution in [0.4, 0.5) is 5.69 Å². The second-order valence-corrected chi connectivity index (χ2v) is 6.18. The Hall–Kier alpha value is -1.81. The van der Waals surface area contributed by atoms with Crippen molar-refractivity contribution >= 4 is 34.7 Å². The molecule has 25 heavy (non-hydrogen) atoms. The highest BCUT2D eigenvalue weighted by molar-refractivity contribution is 8.93. The third kappa shape index (κ3) is 4.85. The summed E-state index contributed by atoms with van der Waals surface area (Å²) in [6.45, 7) is 3.31. The monoisotopic (exact) mass is 403 g/mol. The van der Waals surface area contributed by atoms with E-state index in [1.807, 2.05) is 6.92 Å². The summed E-state index contributed by atoms with van der Waals surface area (Å²) >= 11 is 0. The van der Waals surface area contributed by atoms with Crippen LogP contribution in [0.2, 0.25) is 0 Å². The van der Waals surface area contributed by atoms with Gasteiger partial charge in [0.05, 0.1) is 6.61 Å². The highest BCUT2D eigenvalue weighted by atomic mass is 79.9. The molecule has 1 aliphatic carbocycles. The zero-order chi connectivity index (χ0) is 16.8. The number of allylic oxidation sites excluding steroid dienone is 4. The van der Waals surface area contributed by atoms with Crippen LogP contribution < -0.4 is 4.90 Å². The molecule has 0 amide bonds. The van der Waals surface area contributed by atoms with Crippen LogP contribution in [0.15, 0.2) is 53.8 Å². The van der Waals surface area contributed by atoms with Crippen molar-refractivity contribution in [1.82, 2.24) is 0 Å². The number of carbonyl (C=O) groups excluding carboxylic acids is 1. The number of fused-ring (bicyclic) bond motifs is 2. The first-order valence-electron chi connectivity index (χ1n) is 8.89. The lowest BCUT2D eigenvalue weighted by Gasteiger charge is -2.35. The molecule has 0 saturated heterocycles. The number of halogens is 1. The number of anilines is 1. The summed E-state index contributed by atoms with van der Waals surface area (Å²) in [7, 11) is 0.